The van der Waals surface area contributed by atoms with Gasteiger partial charge in [0.2, 0.25) is 0 Å². The van der Waals surface area contributed by atoms with Crippen LogP contribution in [0.25, 0.3) is 11.1 Å². The topological polar surface area (TPSA) is 9.23 Å². The standard InChI is InChI=1S/C30H38O/c1-3-5-7-23-8-9-29-22-28(15-14-27(29)21-23)26-12-10-24(11-13-26)25-16-18-30(19-17-25)31-20-6-4-2/h3-4,6,10-13,16-19,23,27-29H,1,5,7-9,14-15,20-22H2,2H3/b6-4+. The van der Waals surface area contributed by atoms with E-state index < -0.39 is 0 Å². The van der Waals surface area contributed by atoms with E-state index in [-0.39, 0.29) is 0 Å². The second-order valence-electron chi connectivity index (χ2n) is 9.60. The van der Waals surface area contributed by atoms with Crippen LogP contribution in [0.1, 0.15) is 69.8 Å². The molecule has 31 heavy (non-hydrogen) atoms. The van der Waals surface area contributed by atoms with Crippen LogP contribution in [-0.2, 0) is 0 Å². The molecule has 2 fully saturated rings. The van der Waals surface area contributed by atoms with Crippen molar-refractivity contribution in [2.45, 2.75) is 64.2 Å². The first-order valence-corrected chi connectivity index (χ1v) is 12.3. The molecule has 0 radical (unpaired) electrons. The van der Waals surface area contributed by atoms with E-state index in [1.54, 1.807) is 5.56 Å². The number of hydrogen-bond acceptors (Lipinski definition) is 1. The second kappa shape index (κ2) is 10.8. The molecule has 2 aromatic rings. The van der Waals surface area contributed by atoms with Crippen molar-refractivity contribution in [2.75, 3.05) is 6.61 Å². The molecule has 0 saturated heterocycles. The predicted octanol–water partition coefficient (Wildman–Crippen LogP) is 8.57. The lowest BCUT2D eigenvalue weighted by molar-refractivity contribution is 0.115. The molecule has 0 aliphatic heterocycles. The molecule has 0 spiro atoms. The molecule has 0 heterocycles. The van der Waals surface area contributed by atoms with E-state index in [2.05, 4.69) is 61.2 Å². The molecule has 1 nitrogen and oxygen atoms in total. The minimum atomic E-state index is 0.628. The lowest BCUT2D eigenvalue weighted by Crippen LogP contribution is -2.30. The van der Waals surface area contributed by atoms with Crippen molar-refractivity contribution in [3.05, 3.63) is 78.9 Å². The van der Waals surface area contributed by atoms with Crippen molar-refractivity contribution < 1.29 is 4.74 Å². The summed E-state index contributed by atoms with van der Waals surface area (Å²) in [6.45, 7) is 6.55. The lowest BCUT2D eigenvalue weighted by atomic mass is 9.63. The average Bonchev–Trinajstić information content (AvgIpc) is 2.83. The molecule has 1 heteroatoms. The van der Waals surface area contributed by atoms with Gasteiger partial charge < -0.3 is 4.74 Å². The predicted molar refractivity (Wildman–Crippen MR) is 133 cm³/mol. The Bertz CT molecular complexity index is 845. The molecule has 0 N–H and O–H groups in total. The first kappa shape index (κ1) is 21.9. The zero-order valence-electron chi connectivity index (χ0n) is 19.1. The minimum absolute atomic E-state index is 0.628. The molecular weight excluding hydrogens is 376 g/mol. The third kappa shape index (κ3) is 5.70. The fraction of sp³-hybridized carbons (Fsp3) is 0.467. The quantitative estimate of drug-likeness (QED) is 0.393. The summed E-state index contributed by atoms with van der Waals surface area (Å²) in [6, 6.07) is 17.8. The number of benzene rings is 2. The van der Waals surface area contributed by atoms with Gasteiger partial charge in [-0.1, -0.05) is 61.0 Å². The third-order valence-corrected chi connectivity index (χ3v) is 7.65. The Morgan fingerprint density at radius 2 is 1.55 bits per heavy atom. The number of ether oxygens (including phenoxy) is 1. The van der Waals surface area contributed by atoms with Crippen LogP contribution in [0.15, 0.2) is 73.3 Å². The van der Waals surface area contributed by atoms with E-state index in [9.17, 15) is 0 Å². The highest BCUT2D eigenvalue weighted by atomic mass is 16.5. The van der Waals surface area contributed by atoms with Crippen LogP contribution in [0, 0.1) is 17.8 Å². The van der Waals surface area contributed by atoms with Crippen molar-refractivity contribution >= 4 is 0 Å². The van der Waals surface area contributed by atoms with Gasteiger partial charge in [0.25, 0.3) is 0 Å². The maximum absolute atomic E-state index is 5.71. The van der Waals surface area contributed by atoms with Gasteiger partial charge in [0, 0.05) is 0 Å². The van der Waals surface area contributed by atoms with Gasteiger partial charge in [0.05, 0.1) is 0 Å². The first-order valence-electron chi connectivity index (χ1n) is 12.3. The van der Waals surface area contributed by atoms with Gasteiger partial charge in [-0.2, -0.15) is 0 Å². The Morgan fingerprint density at radius 1 is 0.871 bits per heavy atom. The van der Waals surface area contributed by atoms with Crippen LogP contribution in [0.2, 0.25) is 0 Å². The van der Waals surface area contributed by atoms with Gasteiger partial charge in [0.15, 0.2) is 0 Å². The van der Waals surface area contributed by atoms with Crippen molar-refractivity contribution in [2.24, 2.45) is 17.8 Å². The van der Waals surface area contributed by atoms with Crippen LogP contribution in [0.3, 0.4) is 0 Å². The normalized spacial score (nSPS) is 25.8. The summed E-state index contributed by atoms with van der Waals surface area (Å²) < 4.78 is 5.71. The summed E-state index contributed by atoms with van der Waals surface area (Å²) in [5.41, 5.74) is 4.09. The Morgan fingerprint density at radius 3 is 2.26 bits per heavy atom. The molecule has 0 aromatic heterocycles. The highest BCUT2D eigenvalue weighted by Crippen LogP contribution is 2.48. The minimum Gasteiger partial charge on any atom is -0.490 e. The van der Waals surface area contributed by atoms with E-state index in [1.807, 2.05) is 19.1 Å². The Kier molecular flexibility index (Phi) is 7.67. The van der Waals surface area contributed by atoms with Crippen molar-refractivity contribution in [1.29, 1.82) is 0 Å². The van der Waals surface area contributed by atoms with E-state index in [4.69, 9.17) is 4.74 Å². The van der Waals surface area contributed by atoms with Gasteiger partial charge in [0.1, 0.15) is 12.4 Å². The highest BCUT2D eigenvalue weighted by Gasteiger charge is 2.35. The molecule has 2 aliphatic carbocycles. The molecular formula is C30H38O. The molecule has 164 valence electrons. The smallest absolute Gasteiger partial charge is 0.119 e. The number of rotatable bonds is 8. The maximum atomic E-state index is 5.71. The Hall–Kier alpha value is -2.28. The summed E-state index contributed by atoms with van der Waals surface area (Å²) in [5.74, 6) is 4.56. The van der Waals surface area contributed by atoms with Crippen LogP contribution in [0.4, 0.5) is 0 Å². The van der Waals surface area contributed by atoms with Gasteiger partial charge in [-0.15, -0.1) is 6.58 Å². The van der Waals surface area contributed by atoms with Crippen LogP contribution in [-0.4, -0.2) is 6.61 Å². The van der Waals surface area contributed by atoms with Crippen molar-refractivity contribution in [1.82, 2.24) is 0 Å². The van der Waals surface area contributed by atoms with Gasteiger partial charge >= 0.3 is 0 Å². The Balaban J connectivity index is 1.33. The second-order valence-corrected chi connectivity index (χ2v) is 9.60. The summed E-state index contributed by atoms with van der Waals surface area (Å²) in [7, 11) is 0. The van der Waals surface area contributed by atoms with E-state index in [0.29, 0.717) is 6.61 Å². The van der Waals surface area contributed by atoms with Crippen LogP contribution in [0.5, 0.6) is 5.75 Å². The number of allylic oxidation sites excluding steroid dienone is 2. The molecule has 4 rings (SSSR count). The first-order chi connectivity index (χ1) is 15.3. The lowest BCUT2D eigenvalue weighted by Gasteiger charge is -2.42. The maximum Gasteiger partial charge on any atom is 0.119 e. The largest absolute Gasteiger partial charge is 0.490 e. The monoisotopic (exact) mass is 414 g/mol. The summed E-state index contributed by atoms with van der Waals surface area (Å²) in [4.78, 5) is 0. The molecule has 0 amide bonds. The summed E-state index contributed by atoms with van der Waals surface area (Å²) >= 11 is 0. The molecule has 4 unspecified atom stereocenters. The van der Waals surface area contributed by atoms with Gasteiger partial charge in [-0.25, -0.2) is 0 Å². The SMILES string of the molecule is C=CCCC1CCC2CC(c3ccc(-c4ccc(OC/C=C/C)cc4)cc3)CCC2C1. The molecule has 2 aliphatic rings. The highest BCUT2D eigenvalue weighted by molar-refractivity contribution is 5.64. The summed E-state index contributed by atoms with van der Waals surface area (Å²) in [6.07, 6.45) is 17.2. The Labute approximate surface area is 189 Å². The van der Waals surface area contributed by atoms with E-state index in [0.717, 1.165) is 29.4 Å². The fourth-order valence-corrected chi connectivity index (χ4v) is 5.84. The molecule has 2 aromatic carbocycles. The van der Waals surface area contributed by atoms with E-state index in [1.165, 1.54) is 62.5 Å². The third-order valence-electron chi connectivity index (χ3n) is 7.65. The zero-order valence-corrected chi connectivity index (χ0v) is 19.1. The van der Waals surface area contributed by atoms with Crippen molar-refractivity contribution in [3.8, 4) is 16.9 Å². The molecule has 4 atom stereocenters. The summed E-state index contributed by atoms with van der Waals surface area (Å²) in [5, 5.41) is 0. The van der Waals surface area contributed by atoms with Gasteiger partial charge in [-0.05, 0) is 104 Å². The molecule has 0 bridgehead atoms. The van der Waals surface area contributed by atoms with Gasteiger partial charge in [-0.3, -0.25) is 0 Å². The van der Waals surface area contributed by atoms with Crippen molar-refractivity contribution in [3.63, 3.8) is 0 Å². The average molecular weight is 415 g/mol. The van der Waals surface area contributed by atoms with Crippen LogP contribution >= 0.6 is 0 Å². The van der Waals surface area contributed by atoms with Crippen LogP contribution < -0.4 is 4.74 Å². The number of fused-ring (bicyclic) bond motifs is 1. The zero-order chi connectivity index (χ0) is 21.5. The fourth-order valence-electron chi connectivity index (χ4n) is 5.84. The molecule has 2 saturated carbocycles. The van der Waals surface area contributed by atoms with E-state index >= 15 is 0 Å². The number of hydrogen-bond donors (Lipinski definition) is 0.